The molecule has 1 aromatic rings. The average Bonchev–Trinajstić information content (AvgIpc) is 3.34. The van der Waals surface area contributed by atoms with E-state index in [4.69, 9.17) is 0 Å². The first-order valence-corrected chi connectivity index (χ1v) is 8.76. The van der Waals surface area contributed by atoms with Gasteiger partial charge >= 0.3 is 0 Å². The molecule has 21 heavy (non-hydrogen) atoms. The monoisotopic (exact) mass is 286 g/mol. The average molecular weight is 286 g/mol. The Balaban J connectivity index is 1.58. The van der Waals surface area contributed by atoms with Crippen molar-refractivity contribution in [2.75, 3.05) is 13.1 Å². The predicted octanol–water partition coefficient (Wildman–Crippen LogP) is 3.60. The summed E-state index contributed by atoms with van der Waals surface area (Å²) in [6.45, 7) is 8.20. The van der Waals surface area contributed by atoms with Crippen LogP contribution in [0, 0.1) is 5.92 Å². The van der Waals surface area contributed by atoms with E-state index in [-0.39, 0.29) is 0 Å². The van der Waals surface area contributed by atoms with Crippen LogP contribution in [0.2, 0.25) is 0 Å². The van der Waals surface area contributed by atoms with Crippen LogP contribution < -0.4 is 5.32 Å². The SMILES string of the molecule is CC(C)N(Cc1ccccc1CCNC1CC1)CC1CC1. The lowest BCUT2D eigenvalue weighted by Crippen LogP contribution is -2.32. The van der Waals surface area contributed by atoms with Crippen molar-refractivity contribution in [1.29, 1.82) is 0 Å². The topological polar surface area (TPSA) is 15.3 Å². The highest BCUT2D eigenvalue weighted by atomic mass is 15.1. The van der Waals surface area contributed by atoms with E-state index >= 15 is 0 Å². The van der Waals surface area contributed by atoms with Gasteiger partial charge in [-0.15, -0.1) is 0 Å². The van der Waals surface area contributed by atoms with Crippen molar-refractivity contribution >= 4 is 0 Å². The van der Waals surface area contributed by atoms with Gasteiger partial charge in [-0.1, -0.05) is 24.3 Å². The second-order valence-corrected chi connectivity index (χ2v) is 7.21. The fourth-order valence-electron chi connectivity index (χ4n) is 2.96. The Morgan fingerprint density at radius 1 is 1.10 bits per heavy atom. The molecule has 3 rings (SSSR count). The summed E-state index contributed by atoms with van der Waals surface area (Å²) >= 11 is 0. The van der Waals surface area contributed by atoms with Crippen molar-refractivity contribution in [3.8, 4) is 0 Å². The van der Waals surface area contributed by atoms with E-state index in [0.717, 1.165) is 25.0 Å². The molecule has 0 aliphatic heterocycles. The van der Waals surface area contributed by atoms with Crippen LogP contribution in [-0.2, 0) is 13.0 Å². The molecular formula is C19H30N2. The van der Waals surface area contributed by atoms with Gasteiger partial charge in [-0.2, -0.15) is 0 Å². The Kier molecular flexibility index (Phi) is 4.97. The molecule has 0 atom stereocenters. The molecule has 2 fully saturated rings. The summed E-state index contributed by atoms with van der Waals surface area (Å²) in [4.78, 5) is 2.66. The lowest BCUT2D eigenvalue weighted by Gasteiger charge is -2.27. The van der Waals surface area contributed by atoms with Gasteiger partial charge in [0.15, 0.2) is 0 Å². The molecule has 2 aliphatic rings. The van der Waals surface area contributed by atoms with E-state index in [1.165, 1.54) is 49.8 Å². The van der Waals surface area contributed by atoms with Crippen LogP contribution in [0.15, 0.2) is 24.3 Å². The summed E-state index contributed by atoms with van der Waals surface area (Å²) in [5.74, 6) is 0.969. The molecular weight excluding hydrogens is 256 g/mol. The highest BCUT2D eigenvalue weighted by Crippen LogP contribution is 2.31. The quantitative estimate of drug-likeness (QED) is 0.746. The number of nitrogens with one attached hydrogen (secondary N) is 1. The first-order valence-electron chi connectivity index (χ1n) is 8.76. The maximum Gasteiger partial charge on any atom is 0.0239 e. The van der Waals surface area contributed by atoms with E-state index in [2.05, 4.69) is 48.3 Å². The van der Waals surface area contributed by atoms with Crippen molar-refractivity contribution < 1.29 is 0 Å². The summed E-state index contributed by atoms with van der Waals surface area (Å²) in [6, 6.07) is 10.5. The van der Waals surface area contributed by atoms with Crippen LogP contribution >= 0.6 is 0 Å². The van der Waals surface area contributed by atoms with E-state index in [9.17, 15) is 0 Å². The molecule has 0 bridgehead atoms. The van der Waals surface area contributed by atoms with E-state index in [1.807, 2.05) is 0 Å². The van der Waals surface area contributed by atoms with Crippen molar-refractivity contribution in [2.24, 2.45) is 5.92 Å². The summed E-state index contributed by atoms with van der Waals surface area (Å²) in [7, 11) is 0. The Morgan fingerprint density at radius 3 is 2.43 bits per heavy atom. The summed E-state index contributed by atoms with van der Waals surface area (Å²) in [5, 5.41) is 3.64. The van der Waals surface area contributed by atoms with Gasteiger partial charge in [0.1, 0.15) is 0 Å². The first-order chi connectivity index (χ1) is 10.2. The molecule has 0 radical (unpaired) electrons. The van der Waals surface area contributed by atoms with Gasteiger partial charge < -0.3 is 5.32 Å². The van der Waals surface area contributed by atoms with E-state index < -0.39 is 0 Å². The summed E-state index contributed by atoms with van der Waals surface area (Å²) in [6.07, 6.45) is 6.81. The Hall–Kier alpha value is -0.860. The first kappa shape index (κ1) is 15.1. The van der Waals surface area contributed by atoms with E-state index in [1.54, 1.807) is 0 Å². The van der Waals surface area contributed by atoms with Gasteiger partial charge in [0, 0.05) is 25.2 Å². The van der Waals surface area contributed by atoms with Gasteiger partial charge in [0.2, 0.25) is 0 Å². The minimum absolute atomic E-state index is 0.642. The summed E-state index contributed by atoms with van der Waals surface area (Å²) in [5.41, 5.74) is 3.07. The third kappa shape index (κ3) is 4.82. The summed E-state index contributed by atoms with van der Waals surface area (Å²) < 4.78 is 0. The molecule has 1 aromatic carbocycles. The standard InChI is InChI=1S/C19H30N2/c1-15(2)21(13-16-7-8-16)14-18-6-4-3-5-17(18)11-12-20-19-9-10-19/h3-6,15-16,19-20H,7-14H2,1-2H3. The van der Waals surface area contributed by atoms with Gasteiger partial charge in [-0.3, -0.25) is 4.90 Å². The number of nitrogens with zero attached hydrogens (tertiary/aromatic N) is 1. The van der Waals surface area contributed by atoms with Gasteiger partial charge in [-0.25, -0.2) is 0 Å². The van der Waals surface area contributed by atoms with Crippen LogP contribution in [0.25, 0.3) is 0 Å². The molecule has 116 valence electrons. The minimum atomic E-state index is 0.642. The predicted molar refractivity (Wildman–Crippen MR) is 89.4 cm³/mol. The molecule has 0 amide bonds. The molecule has 2 nitrogen and oxygen atoms in total. The Labute approximate surface area is 129 Å². The molecule has 2 aliphatic carbocycles. The normalized spacial score (nSPS) is 18.7. The van der Waals surface area contributed by atoms with Crippen molar-refractivity contribution in [1.82, 2.24) is 10.2 Å². The Morgan fingerprint density at radius 2 is 1.81 bits per heavy atom. The Bertz CT molecular complexity index is 447. The molecule has 1 N–H and O–H groups in total. The van der Waals surface area contributed by atoms with E-state index in [0.29, 0.717) is 6.04 Å². The smallest absolute Gasteiger partial charge is 0.0239 e. The zero-order valence-electron chi connectivity index (χ0n) is 13.6. The lowest BCUT2D eigenvalue weighted by molar-refractivity contribution is 0.203. The van der Waals surface area contributed by atoms with Gasteiger partial charge in [0.05, 0.1) is 0 Å². The fourth-order valence-corrected chi connectivity index (χ4v) is 2.96. The maximum atomic E-state index is 3.64. The number of benzene rings is 1. The highest BCUT2D eigenvalue weighted by molar-refractivity contribution is 5.27. The molecule has 0 unspecified atom stereocenters. The minimum Gasteiger partial charge on any atom is -0.314 e. The van der Waals surface area contributed by atoms with Crippen LogP contribution in [0.1, 0.15) is 50.7 Å². The molecule has 0 saturated heterocycles. The third-order valence-electron chi connectivity index (χ3n) is 4.82. The lowest BCUT2D eigenvalue weighted by atomic mass is 10.0. The van der Waals surface area contributed by atoms with Crippen molar-refractivity contribution in [3.05, 3.63) is 35.4 Å². The molecule has 0 heterocycles. The van der Waals surface area contributed by atoms with Gasteiger partial charge in [0.25, 0.3) is 0 Å². The highest BCUT2D eigenvalue weighted by Gasteiger charge is 2.25. The second kappa shape index (κ2) is 6.93. The number of hydrogen-bond acceptors (Lipinski definition) is 2. The zero-order valence-corrected chi connectivity index (χ0v) is 13.6. The van der Waals surface area contributed by atoms with Crippen LogP contribution in [0.5, 0.6) is 0 Å². The number of hydrogen-bond donors (Lipinski definition) is 1. The molecule has 0 spiro atoms. The molecule has 2 saturated carbocycles. The van der Waals surface area contributed by atoms with Crippen LogP contribution in [0.4, 0.5) is 0 Å². The third-order valence-corrected chi connectivity index (χ3v) is 4.82. The van der Waals surface area contributed by atoms with Gasteiger partial charge in [-0.05, 0) is 69.5 Å². The zero-order chi connectivity index (χ0) is 14.7. The largest absolute Gasteiger partial charge is 0.314 e. The van der Waals surface area contributed by atoms with Crippen LogP contribution in [0.3, 0.4) is 0 Å². The van der Waals surface area contributed by atoms with Crippen molar-refractivity contribution in [2.45, 2.75) is 64.6 Å². The fraction of sp³-hybridized carbons (Fsp3) is 0.684. The second-order valence-electron chi connectivity index (χ2n) is 7.21. The molecule has 2 heteroatoms. The maximum absolute atomic E-state index is 3.64. The molecule has 0 aromatic heterocycles. The van der Waals surface area contributed by atoms with Crippen molar-refractivity contribution in [3.63, 3.8) is 0 Å². The number of rotatable bonds is 9. The van der Waals surface area contributed by atoms with Crippen LogP contribution in [-0.4, -0.2) is 30.1 Å².